The first kappa shape index (κ1) is 12.4. The van der Waals surface area contributed by atoms with Crippen molar-refractivity contribution < 1.29 is 9.53 Å². The topological polar surface area (TPSA) is 58.2 Å². The number of aromatic amines is 1. The number of thiophene rings is 1. The molecule has 2 aromatic rings. The number of nitrogens with one attached hydrogen (secondary N) is 1. The Labute approximate surface area is 115 Å². The summed E-state index contributed by atoms with van der Waals surface area (Å²) in [6.45, 7) is 3.61. The zero-order valence-electron chi connectivity index (χ0n) is 10.6. The number of aromatic nitrogens is 2. The SMILES string of the molecule is Cc1cnc(C2COCCN2C(=O)c2ccsc2)[nH]1. The normalized spacial score (nSPS) is 19.6. The van der Waals surface area contributed by atoms with Crippen molar-refractivity contribution >= 4 is 17.2 Å². The van der Waals surface area contributed by atoms with Crippen LogP contribution in [0, 0.1) is 6.92 Å². The van der Waals surface area contributed by atoms with Gasteiger partial charge in [-0.05, 0) is 18.4 Å². The summed E-state index contributed by atoms with van der Waals surface area (Å²) < 4.78 is 5.49. The highest BCUT2D eigenvalue weighted by molar-refractivity contribution is 7.08. The fourth-order valence-electron chi connectivity index (χ4n) is 2.23. The highest BCUT2D eigenvalue weighted by Crippen LogP contribution is 2.24. The van der Waals surface area contributed by atoms with Gasteiger partial charge in [0.15, 0.2) is 0 Å². The number of morpholine rings is 1. The van der Waals surface area contributed by atoms with Crippen LogP contribution in [0.1, 0.15) is 27.9 Å². The molecule has 6 heteroatoms. The predicted octanol–water partition coefficient (Wildman–Crippen LogP) is 1.99. The summed E-state index contributed by atoms with van der Waals surface area (Å²) in [6.07, 6.45) is 1.77. The molecule has 3 rings (SSSR count). The van der Waals surface area contributed by atoms with Crippen molar-refractivity contribution in [2.45, 2.75) is 13.0 Å². The summed E-state index contributed by atoms with van der Waals surface area (Å²) in [7, 11) is 0. The lowest BCUT2D eigenvalue weighted by molar-refractivity contribution is -0.00498. The second-order valence-corrected chi connectivity index (χ2v) is 5.33. The molecule has 0 aliphatic carbocycles. The zero-order chi connectivity index (χ0) is 13.2. The molecule has 1 amide bonds. The van der Waals surface area contributed by atoms with E-state index < -0.39 is 0 Å². The molecule has 1 N–H and O–H groups in total. The number of ether oxygens (including phenoxy) is 1. The lowest BCUT2D eigenvalue weighted by Gasteiger charge is -2.34. The second kappa shape index (κ2) is 5.14. The average Bonchev–Trinajstić information content (AvgIpc) is 3.09. The number of nitrogens with zero attached hydrogens (tertiary/aromatic N) is 2. The molecule has 3 heterocycles. The van der Waals surface area contributed by atoms with Crippen molar-refractivity contribution in [3.63, 3.8) is 0 Å². The van der Waals surface area contributed by atoms with Crippen LogP contribution in [0.5, 0.6) is 0 Å². The monoisotopic (exact) mass is 277 g/mol. The number of carbonyl (C=O) groups is 1. The van der Waals surface area contributed by atoms with Gasteiger partial charge in [-0.1, -0.05) is 0 Å². The van der Waals surface area contributed by atoms with Gasteiger partial charge in [0, 0.05) is 23.8 Å². The highest BCUT2D eigenvalue weighted by Gasteiger charge is 2.31. The number of hydrogen-bond acceptors (Lipinski definition) is 4. The van der Waals surface area contributed by atoms with E-state index in [1.54, 1.807) is 6.20 Å². The zero-order valence-corrected chi connectivity index (χ0v) is 11.4. The molecule has 1 saturated heterocycles. The van der Waals surface area contributed by atoms with Crippen molar-refractivity contribution in [1.82, 2.24) is 14.9 Å². The minimum Gasteiger partial charge on any atom is -0.377 e. The van der Waals surface area contributed by atoms with E-state index in [1.807, 2.05) is 28.7 Å². The summed E-state index contributed by atoms with van der Waals surface area (Å²) in [4.78, 5) is 21.8. The van der Waals surface area contributed by atoms with Gasteiger partial charge in [0.2, 0.25) is 0 Å². The summed E-state index contributed by atoms with van der Waals surface area (Å²) in [6, 6.07) is 1.72. The van der Waals surface area contributed by atoms with Crippen molar-refractivity contribution in [3.05, 3.63) is 40.1 Å². The van der Waals surface area contributed by atoms with Crippen LogP contribution >= 0.6 is 11.3 Å². The molecule has 100 valence electrons. The molecule has 1 unspecified atom stereocenters. The van der Waals surface area contributed by atoms with Crippen LogP contribution in [0.2, 0.25) is 0 Å². The standard InChI is InChI=1S/C13H15N3O2S/c1-9-6-14-12(15-9)11-7-18-4-3-16(11)13(17)10-2-5-19-8-10/h2,5-6,8,11H,3-4,7H2,1H3,(H,14,15). The number of aryl methyl sites for hydroxylation is 1. The van der Waals surface area contributed by atoms with Crippen LogP contribution in [0.15, 0.2) is 23.0 Å². The van der Waals surface area contributed by atoms with E-state index in [2.05, 4.69) is 9.97 Å². The van der Waals surface area contributed by atoms with Gasteiger partial charge in [-0.2, -0.15) is 11.3 Å². The summed E-state index contributed by atoms with van der Waals surface area (Å²) >= 11 is 1.53. The maximum absolute atomic E-state index is 12.5. The van der Waals surface area contributed by atoms with Gasteiger partial charge in [-0.15, -0.1) is 0 Å². The van der Waals surface area contributed by atoms with Crippen LogP contribution in [-0.2, 0) is 4.74 Å². The minimum atomic E-state index is -0.130. The van der Waals surface area contributed by atoms with E-state index in [1.165, 1.54) is 11.3 Å². The highest BCUT2D eigenvalue weighted by atomic mass is 32.1. The lowest BCUT2D eigenvalue weighted by Crippen LogP contribution is -2.43. The third-order valence-electron chi connectivity index (χ3n) is 3.20. The summed E-state index contributed by atoms with van der Waals surface area (Å²) in [5.41, 5.74) is 1.73. The lowest BCUT2D eigenvalue weighted by atomic mass is 10.2. The Morgan fingerprint density at radius 3 is 3.21 bits per heavy atom. The first-order chi connectivity index (χ1) is 9.25. The second-order valence-electron chi connectivity index (χ2n) is 4.55. The van der Waals surface area contributed by atoms with Gasteiger partial charge < -0.3 is 14.6 Å². The van der Waals surface area contributed by atoms with Crippen LogP contribution in [0.3, 0.4) is 0 Å². The fraction of sp³-hybridized carbons (Fsp3) is 0.385. The first-order valence-corrected chi connectivity index (χ1v) is 7.12. The number of hydrogen-bond donors (Lipinski definition) is 1. The van der Waals surface area contributed by atoms with Gasteiger partial charge in [0.1, 0.15) is 11.9 Å². The Balaban J connectivity index is 1.87. The van der Waals surface area contributed by atoms with Gasteiger partial charge in [0.05, 0.1) is 18.8 Å². The molecule has 0 saturated carbocycles. The molecule has 1 fully saturated rings. The summed E-state index contributed by atoms with van der Waals surface area (Å²) in [5, 5.41) is 3.79. The molecule has 0 radical (unpaired) electrons. The number of H-pyrrole nitrogens is 1. The molecule has 2 aromatic heterocycles. The maximum Gasteiger partial charge on any atom is 0.255 e. The molecule has 1 aliphatic rings. The van der Waals surface area contributed by atoms with Crippen molar-refractivity contribution in [1.29, 1.82) is 0 Å². The smallest absolute Gasteiger partial charge is 0.255 e. The van der Waals surface area contributed by atoms with E-state index in [0.29, 0.717) is 19.8 Å². The molecule has 1 aliphatic heterocycles. The van der Waals surface area contributed by atoms with Gasteiger partial charge in [-0.25, -0.2) is 4.98 Å². The van der Waals surface area contributed by atoms with Crippen LogP contribution < -0.4 is 0 Å². The molecule has 0 spiro atoms. The Kier molecular flexibility index (Phi) is 3.35. The Morgan fingerprint density at radius 2 is 2.53 bits per heavy atom. The van der Waals surface area contributed by atoms with E-state index in [-0.39, 0.29) is 11.9 Å². The number of imidazole rings is 1. The molecular weight excluding hydrogens is 262 g/mol. The van der Waals surface area contributed by atoms with E-state index in [9.17, 15) is 4.79 Å². The number of amides is 1. The third-order valence-corrected chi connectivity index (χ3v) is 3.88. The van der Waals surface area contributed by atoms with E-state index >= 15 is 0 Å². The maximum atomic E-state index is 12.5. The predicted molar refractivity (Wildman–Crippen MR) is 72.2 cm³/mol. The molecular formula is C13H15N3O2S. The molecule has 5 nitrogen and oxygen atoms in total. The average molecular weight is 277 g/mol. The van der Waals surface area contributed by atoms with Crippen LogP contribution in [0.25, 0.3) is 0 Å². The van der Waals surface area contributed by atoms with E-state index in [4.69, 9.17) is 4.74 Å². The first-order valence-electron chi connectivity index (χ1n) is 6.18. The van der Waals surface area contributed by atoms with Gasteiger partial charge in [-0.3, -0.25) is 4.79 Å². The van der Waals surface area contributed by atoms with Gasteiger partial charge in [0.25, 0.3) is 5.91 Å². The Morgan fingerprint density at radius 1 is 1.63 bits per heavy atom. The molecule has 1 atom stereocenters. The van der Waals surface area contributed by atoms with Crippen LogP contribution in [-0.4, -0.2) is 40.5 Å². The quantitative estimate of drug-likeness (QED) is 0.913. The third kappa shape index (κ3) is 2.41. The van der Waals surface area contributed by atoms with Crippen LogP contribution in [0.4, 0.5) is 0 Å². The van der Waals surface area contributed by atoms with E-state index in [0.717, 1.165) is 17.1 Å². The minimum absolute atomic E-state index is 0.0450. The number of rotatable bonds is 2. The molecule has 0 bridgehead atoms. The Bertz CT molecular complexity index is 564. The van der Waals surface area contributed by atoms with Crippen molar-refractivity contribution in [3.8, 4) is 0 Å². The summed E-state index contributed by atoms with van der Waals surface area (Å²) in [5.74, 6) is 0.837. The van der Waals surface area contributed by atoms with Crippen molar-refractivity contribution in [2.75, 3.05) is 19.8 Å². The Hall–Kier alpha value is -1.66. The van der Waals surface area contributed by atoms with Gasteiger partial charge >= 0.3 is 0 Å². The molecule has 0 aromatic carbocycles. The number of carbonyl (C=O) groups excluding carboxylic acids is 1. The fourth-order valence-corrected chi connectivity index (χ4v) is 2.86. The van der Waals surface area contributed by atoms with Crippen molar-refractivity contribution in [2.24, 2.45) is 0 Å². The largest absolute Gasteiger partial charge is 0.377 e. The molecule has 19 heavy (non-hydrogen) atoms.